The monoisotopic (exact) mass is 238 g/mol. The lowest BCUT2D eigenvalue weighted by atomic mass is 9.85. The van der Waals surface area contributed by atoms with Crippen molar-refractivity contribution in [2.75, 3.05) is 11.9 Å². The Morgan fingerprint density at radius 1 is 1.31 bits per heavy atom. The summed E-state index contributed by atoms with van der Waals surface area (Å²) >= 11 is 5.93. The molecule has 2 atom stereocenters. The van der Waals surface area contributed by atoms with Gasteiger partial charge in [0.25, 0.3) is 0 Å². The zero-order chi connectivity index (χ0) is 11.5. The molecule has 16 heavy (non-hydrogen) atoms. The van der Waals surface area contributed by atoms with Gasteiger partial charge in [-0.1, -0.05) is 37.4 Å². The van der Waals surface area contributed by atoms with Crippen LogP contribution in [0.25, 0.3) is 0 Å². The fourth-order valence-electron chi connectivity index (χ4n) is 2.64. The molecule has 1 aliphatic carbocycles. The van der Waals surface area contributed by atoms with Gasteiger partial charge in [-0.3, -0.25) is 0 Å². The molecule has 2 unspecified atom stereocenters. The molecule has 0 radical (unpaired) electrons. The van der Waals surface area contributed by atoms with E-state index in [2.05, 4.69) is 23.9 Å². The number of aromatic nitrogens is 1. The highest BCUT2D eigenvalue weighted by atomic mass is 35.5. The molecule has 88 valence electrons. The van der Waals surface area contributed by atoms with Crippen molar-refractivity contribution < 1.29 is 0 Å². The zero-order valence-corrected chi connectivity index (χ0v) is 10.7. The molecular formula is C13H19ClN2. The number of halogens is 1. The average Bonchev–Trinajstić information content (AvgIpc) is 2.29. The van der Waals surface area contributed by atoms with Gasteiger partial charge >= 0.3 is 0 Å². The molecule has 0 aliphatic heterocycles. The van der Waals surface area contributed by atoms with E-state index in [9.17, 15) is 0 Å². The van der Waals surface area contributed by atoms with Gasteiger partial charge in [0.2, 0.25) is 0 Å². The Bertz CT molecular complexity index is 354. The summed E-state index contributed by atoms with van der Waals surface area (Å²) in [5, 5.41) is 0.577. The van der Waals surface area contributed by atoms with E-state index >= 15 is 0 Å². The molecule has 1 fully saturated rings. The van der Waals surface area contributed by atoms with Crippen LogP contribution in [0, 0.1) is 5.92 Å². The van der Waals surface area contributed by atoms with E-state index in [0.717, 1.165) is 11.7 Å². The van der Waals surface area contributed by atoms with Crippen molar-refractivity contribution in [1.82, 2.24) is 4.98 Å². The highest BCUT2D eigenvalue weighted by Crippen LogP contribution is 2.29. The minimum atomic E-state index is 0.577. The predicted octanol–water partition coefficient (Wildman–Crippen LogP) is 3.75. The van der Waals surface area contributed by atoms with Crippen molar-refractivity contribution in [2.24, 2.45) is 5.92 Å². The largest absolute Gasteiger partial charge is 0.356 e. The Labute approximate surface area is 103 Å². The van der Waals surface area contributed by atoms with E-state index in [1.54, 1.807) is 0 Å². The van der Waals surface area contributed by atoms with Gasteiger partial charge < -0.3 is 4.90 Å². The second kappa shape index (κ2) is 5.05. The van der Waals surface area contributed by atoms with Gasteiger partial charge in [-0.15, -0.1) is 0 Å². The standard InChI is InChI=1S/C13H19ClN2/c1-10-6-3-4-7-11(10)16(2)13-9-5-8-12(14)15-13/h5,8-11H,3-4,6-7H2,1-2H3. The molecule has 1 heterocycles. The summed E-state index contributed by atoms with van der Waals surface area (Å²) in [6.45, 7) is 2.34. The minimum absolute atomic E-state index is 0.577. The Morgan fingerprint density at radius 3 is 2.75 bits per heavy atom. The quantitative estimate of drug-likeness (QED) is 0.730. The van der Waals surface area contributed by atoms with E-state index < -0.39 is 0 Å². The molecule has 0 saturated heterocycles. The lowest BCUT2D eigenvalue weighted by molar-refractivity contribution is 0.320. The number of hydrogen-bond acceptors (Lipinski definition) is 2. The highest BCUT2D eigenvalue weighted by molar-refractivity contribution is 6.29. The fourth-order valence-corrected chi connectivity index (χ4v) is 2.80. The number of pyridine rings is 1. The topological polar surface area (TPSA) is 16.1 Å². The summed E-state index contributed by atoms with van der Waals surface area (Å²) in [4.78, 5) is 6.66. The molecule has 2 rings (SSSR count). The molecule has 3 heteroatoms. The van der Waals surface area contributed by atoms with Gasteiger partial charge in [0.05, 0.1) is 0 Å². The summed E-state index contributed by atoms with van der Waals surface area (Å²) < 4.78 is 0. The van der Waals surface area contributed by atoms with Gasteiger partial charge in [-0.05, 0) is 30.9 Å². The van der Waals surface area contributed by atoms with Crippen LogP contribution in [0.5, 0.6) is 0 Å². The molecule has 0 amide bonds. The van der Waals surface area contributed by atoms with Gasteiger partial charge in [-0.2, -0.15) is 0 Å². The third-order valence-corrected chi connectivity index (χ3v) is 3.84. The summed E-state index contributed by atoms with van der Waals surface area (Å²) in [6, 6.07) is 6.44. The molecule has 1 aliphatic rings. The van der Waals surface area contributed by atoms with E-state index in [-0.39, 0.29) is 0 Å². The molecule has 0 aromatic carbocycles. The van der Waals surface area contributed by atoms with E-state index in [4.69, 9.17) is 11.6 Å². The van der Waals surface area contributed by atoms with Crippen LogP contribution in [-0.2, 0) is 0 Å². The summed E-state index contributed by atoms with van der Waals surface area (Å²) in [6.07, 6.45) is 5.30. The lowest BCUT2D eigenvalue weighted by Gasteiger charge is -2.37. The molecule has 0 bridgehead atoms. The van der Waals surface area contributed by atoms with E-state index in [0.29, 0.717) is 11.2 Å². The van der Waals surface area contributed by atoms with Crippen LogP contribution in [-0.4, -0.2) is 18.1 Å². The van der Waals surface area contributed by atoms with Crippen LogP contribution < -0.4 is 4.90 Å². The highest BCUT2D eigenvalue weighted by Gasteiger charge is 2.25. The molecule has 0 N–H and O–H groups in total. The first kappa shape index (κ1) is 11.7. The van der Waals surface area contributed by atoms with Crippen LogP contribution in [0.15, 0.2) is 18.2 Å². The predicted molar refractivity (Wildman–Crippen MR) is 69.1 cm³/mol. The average molecular weight is 239 g/mol. The third kappa shape index (κ3) is 2.49. The van der Waals surface area contributed by atoms with Crippen LogP contribution >= 0.6 is 11.6 Å². The molecule has 0 spiro atoms. The Hall–Kier alpha value is -0.760. The van der Waals surface area contributed by atoms with Gasteiger partial charge in [0, 0.05) is 13.1 Å². The van der Waals surface area contributed by atoms with Crippen molar-refractivity contribution in [2.45, 2.75) is 38.6 Å². The number of anilines is 1. The van der Waals surface area contributed by atoms with Crippen LogP contribution in [0.3, 0.4) is 0 Å². The van der Waals surface area contributed by atoms with Crippen LogP contribution in [0.4, 0.5) is 5.82 Å². The second-order valence-electron chi connectivity index (χ2n) is 4.76. The first-order valence-electron chi connectivity index (χ1n) is 6.04. The lowest BCUT2D eigenvalue weighted by Crippen LogP contribution is -2.39. The smallest absolute Gasteiger partial charge is 0.131 e. The first-order valence-corrected chi connectivity index (χ1v) is 6.41. The summed E-state index contributed by atoms with van der Waals surface area (Å²) in [5.41, 5.74) is 0. The molecule has 1 aromatic rings. The molecule has 1 saturated carbocycles. The Morgan fingerprint density at radius 2 is 2.06 bits per heavy atom. The second-order valence-corrected chi connectivity index (χ2v) is 5.15. The fraction of sp³-hybridized carbons (Fsp3) is 0.615. The molecule has 2 nitrogen and oxygen atoms in total. The number of rotatable bonds is 2. The first-order chi connectivity index (χ1) is 7.68. The van der Waals surface area contributed by atoms with Crippen molar-refractivity contribution in [1.29, 1.82) is 0 Å². The summed E-state index contributed by atoms with van der Waals surface area (Å²) in [5.74, 6) is 1.74. The third-order valence-electron chi connectivity index (χ3n) is 3.63. The van der Waals surface area contributed by atoms with Crippen molar-refractivity contribution in [3.63, 3.8) is 0 Å². The molecular weight excluding hydrogens is 220 g/mol. The van der Waals surface area contributed by atoms with Crippen molar-refractivity contribution in [3.8, 4) is 0 Å². The number of hydrogen-bond donors (Lipinski definition) is 0. The Kier molecular flexibility index (Phi) is 3.70. The van der Waals surface area contributed by atoms with Gasteiger partial charge in [0.15, 0.2) is 0 Å². The maximum absolute atomic E-state index is 5.93. The van der Waals surface area contributed by atoms with Crippen molar-refractivity contribution in [3.05, 3.63) is 23.4 Å². The van der Waals surface area contributed by atoms with Crippen LogP contribution in [0.2, 0.25) is 5.15 Å². The summed E-state index contributed by atoms with van der Waals surface area (Å²) in [7, 11) is 2.13. The minimum Gasteiger partial charge on any atom is -0.356 e. The Balaban J connectivity index is 2.14. The maximum atomic E-state index is 5.93. The van der Waals surface area contributed by atoms with Crippen LogP contribution in [0.1, 0.15) is 32.6 Å². The maximum Gasteiger partial charge on any atom is 0.131 e. The zero-order valence-electron chi connectivity index (χ0n) is 9.99. The SMILES string of the molecule is CC1CCCCC1N(C)c1cccc(Cl)n1. The normalized spacial score (nSPS) is 25.4. The van der Waals surface area contributed by atoms with Gasteiger partial charge in [0.1, 0.15) is 11.0 Å². The molecule has 1 aromatic heterocycles. The van der Waals surface area contributed by atoms with Crippen molar-refractivity contribution >= 4 is 17.4 Å². The van der Waals surface area contributed by atoms with E-state index in [1.807, 2.05) is 18.2 Å². The number of nitrogens with zero attached hydrogens (tertiary/aromatic N) is 2. The van der Waals surface area contributed by atoms with E-state index in [1.165, 1.54) is 25.7 Å². The van der Waals surface area contributed by atoms with Gasteiger partial charge in [-0.25, -0.2) is 4.98 Å².